The number of hydrogen-bond donors (Lipinski definition) is 0. The molecule has 2 aliphatic heterocycles. The molecule has 192 valence electrons. The zero-order valence-electron chi connectivity index (χ0n) is 20.5. The van der Waals surface area contributed by atoms with Crippen molar-refractivity contribution in [3.63, 3.8) is 0 Å². The summed E-state index contributed by atoms with van der Waals surface area (Å²) >= 11 is 13.8. The van der Waals surface area contributed by atoms with Crippen LogP contribution in [-0.4, -0.2) is 70.8 Å². The number of benzene rings is 1. The molecule has 2 fully saturated rings. The van der Waals surface area contributed by atoms with Crippen molar-refractivity contribution < 1.29 is 9.59 Å². The minimum absolute atomic E-state index is 0.0189. The van der Waals surface area contributed by atoms with E-state index in [1.807, 2.05) is 22.1 Å². The van der Waals surface area contributed by atoms with E-state index < -0.39 is 0 Å². The van der Waals surface area contributed by atoms with E-state index >= 15 is 0 Å². The number of pyridine rings is 1. The maximum atomic E-state index is 13.1. The van der Waals surface area contributed by atoms with E-state index in [9.17, 15) is 9.59 Å². The minimum Gasteiger partial charge on any atom is -0.343 e. The number of carbonyl (C=O) groups excluding carboxylic acids is 2. The maximum absolute atomic E-state index is 13.1. The third-order valence-electron chi connectivity index (χ3n) is 7.90. The third kappa shape index (κ3) is 5.52. The molecule has 1 aliphatic carbocycles. The number of amides is 2. The number of hydrogen-bond acceptors (Lipinski definition) is 4. The Kier molecular flexibility index (Phi) is 8.06. The number of piperazine rings is 1. The lowest BCUT2D eigenvalue weighted by atomic mass is 9.92. The Hall–Kier alpha value is -1.48. The average molecular weight is 639 g/mol. The van der Waals surface area contributed by atoms with Crippen molar-refractivity contribution in [1.29, 1.82) is 0 Å². The molecule has 0 saturated carbocycles. The Balaban J connectivity index is 1.31. The molecule has 0 radical (unpaired) electrons. The molecule has 1 aromatic heterocycles. The van der Waals surface area contributed by atoms with Gasteiger partial charge < -0.3 is 9.80 Å². The van der Waals surface area contributed by atoms with Gasteiger partial charge in [0.05, 0.1) is 11.7 Å². The van der Waals surface area contributed by atoms with Crippen LogP contribution in [0.1, 0.15) is 54.6 Å². The fraction of sp³-hybridized carbons (Fsp3) is 0.519. The molecule has 1 aromatic carbocycles. The van der Waals surface area contributed by atoms with Gasteiger partial charge in [-0.3, -0.25) is 19.5 Å². The van der Waals surface area contributed by atoms with Crippen LogP contribution in [0.2, 0.25) is 5.02 Å². The van der Waals surface area contributed by atoms with E-state index in [1.165, 1.54) is 16.7 Å². The van der Waals surface area contributed by atoms with Gasteiger partial charge in [-0.15, -0.1) is 0 Å². The van der Waals surface area contributed by atoms with Gasteiger partial charge in [0.1, 0.15) is 0 Å². The molecular weight excluding hydrogens is 608 g/mol. The molecule has 3 heterocycles. The SMILES string of the molecule is CC(=O)N1CCC(CC(=O)N2CCN([C@H]3c4ncc(Br)cc4CCc4cc(Cl)cc(Br)c43)CC2)CC1. The molecule has 5 rings (SSSR count). The van der Waals surface area contributed by atoms with Crippen molar-refractivity contribution in [3.8, 4) is 0 Å². The van der Waals surface area contributed by atoms with E-state index in [-0.39, 0.29) is 17.9 Å². The van der Waals surface area contributed by atoms with Crippen molar-refractivity contribution >= 4 is 55.3 Å². The van der Waals surface area contributed by atoms with Crippen LogP contribution < -0.4 is 0 Å². The highest BCUT2D eigenvalue weighted by Crippen LogP contribution is 2.42. The predicted molar refractivity (Wildman–Crippen MR) is 148 cm³/mol. The van der Waals surface area contributed by atoms with Crippen LogP contribution in [-0.2, 0) is 22.4 Å². The molecule has 2 amide bonds. The third-order valence-corrected chi connectivity index (χ3v) is 9.21. The van der Waals surface area contributed by atoms with Gasteiger partial charge in [-0.2, -0.15) is 0 Å². The number of likely N-dealkylation sites (tertiary alicyclic amines) is 1. The highest BCUT2D eigenvalue weighted by Gasteiger charge is 2.35. The number of nitrogens with zero attached hydrogens (tertiary/aromatic N) is 4. The molecule has 3 aliphatic rings. The van der Waals surface area contributed by atoms with Gasteiger partial charge in [0.2, 0.25) is 11.8 Å². The number of aryl methyl sites for hydroxylation is 2. The van der Waals surface area contributed by atoms with Crippen LogP contribution >= 0.6 is 43.5 Å². The summed E-state index contributed by atoms with van der Waals surface area (Å²) in [6, 6.07) is 6.28. The number of piperidine rings is 1. The zero-order chi connectivity index (χ0) is 25.4. The molecule has 9 heteroatoms. The Morgan fingerprint density at radius 2 is 1.67 bits per heavy atom. The largest absolute Gasteiger partial charge is 0.343 e. The fourth-order valence-electron chi connectivity index (χ4n) is 5.91. The van der Waals surface area contributed by atoms with Crippen LogP contribution in [0, 0.1) is 5.92 Å². The van der Waals surface area contributed by atoms with Crippen molar-refractivity contribution in [1.82, 2.24) is 19.7 Å². The van der Waals surface area contributed by atoms with Gasteiger partial charge in [0.25, 0.3) is 0 Å². The lowest BCUT2D eigenvalue weighted by molar-refractivity contribution is -0.135. The Morgan fingerprint density at radius 1 is 0.972 bits per heavy atom. The minimum atomic E-state index is 0.0189. The number of carbonyl (C=O) groups is 2. The molecule has 6 nitrogen and oxygen atoms in total. The fourth-order valence-corrected chi connectivity index (χ4v) is 7.38. The Labute approximate surface area is 234 Å². The maximum Gasteiger partial charge on any atom is 0.222 e. The molecule has 36 heavy (non-hydrogen) atoms. The van der Waals surface area contributed by atoms with Crippen molar-refractivity contribution in [3.05, 3.63) is 60.7 Å². The van der Waals surface area contributed by atoms with Crippen LogP contribution in [0.4, 0.5) is 0 Å². The van der Waals surface area contributed by atoms with E-state index in [0.29, 0.717) is 25.4 Å². The first-order chi connectivity index (χ1) is 17.3. The van der Waals surface area contributed by atoms with Crippen molar-refractivity contribution in [2.45, 2.75) is 45.1 Å². The van der Waals surface area contributed by atoms with Gasteiger partial charge in [0.15, 0.2) is 0 Å². The summed E-state index contributed by atoms with van der Waals surface area (Å²) in [7, 11) is 0. The number of rotatable bonds is 3. The van der Waals surface area contributed by atoms with Crippen LogP contribution in [0.3, 0.4) is 0 Å². The first-order valence-electron chi connectivity index (χ1n) is 12.7. The molecule has 1 atom stereocenters. The number of aromatic nitrogens is 1. The summed E-state index contributed by atoms with van der Waals surface area (Å²) in [5, 5.41) is 0.740. The topological polar surface area (TPSA) is 56.8 Å². The number of halogens is 3. The summed E-state index contributed by atoms with van der Waals surface area (Å²) in [4.78, 5) is 36.0. The molecule has 2 aromatic rings. The highest BCUT2D eigenvalue weighted by molar-refractivity contribution is 9.10. The molecular formula is C27H31Br2ClN4O2. The van der Waals surface area contributed by atoms with Gasteiger partial charge in [-0.25, -0.2) is 0 Å². The zero-order valence-corrected chi connectivity index (χ0v) is 24.4. The predicted octanol–water partition coefficient (Wildman–Crippen LogP) is 5.24. The quantitative estimate of drug-likeness (QED) is 0.462. The van der Waals surface area contributed by atoms with Crippen LogP contribution in [0.25, 0.3) is 0 Å². The molecule has 0 bridgehead atoms. The second kappa shape index (κ2) is 11.1. The summed E-state index contributed by atoms with van der Waals surface area (Å²) in [5.41, 5.74) is 4.84. The first kappa shape index (κ1) is 26.1. The van der Waals surface area contributed by atoms with Crippen molar-refractivity contribution in [2.75, 3.05) is 39.3 Å². The molecule has 0 unspecified atom stereocenters. The summed E-state index contributed by atoms with van der Waals surface area (Å²) < 4.78 is 2.01. The second-order valence-corrected chi connectivity index (χ2v) is 12.3. The monoisotopic (exact) mass is 636 g/mol. The summed E-state index contributed by atoms with van der Waals surface area (Å²) in [6.07, 6.45) is 6.13. The van der Waals surface area contributed by atoms with E-state index in [2.05, 4.69) is 48.9 Å². The van der Waals surface area contributed by atoms with Crippen LogP contribution in [0.15, 0.2) is 33.3 Å². The van der Waals surface area contributed by atoms with Crippen molar-refractivity contribution in [2.24, 2.45) is 5.92 Å². The Bertz CT molecular complexity index is 1160. The summed E-state index contributed by atoms with van der Waals surface area (Å²) in [5.74, 6) is 0.746. The van der Waals surface area contributed by atoms with E-state index in [4.69, 9.17) is 16.6 Å². The smallest absolute Gasteiger partial charge is 0.222 e. The lowest BCUT2D eigenvalue weighted by Gasteiger charge is -2.40. The first-order valence-corrected chi connectivity index (χ1v) is 14.7. The van der Waals surface area contributed by atoms with Gasteiger partial charge in [0, 0.05) is 72.8 Å². The Morgan fingerprint density at radius 3 is 2.36 bits per heavy atom. The van der Waals surface area contributed by atoms with Gasteiger partial charge >= 0.3 is 0 Å². The van der Waals surface area contributed by atoms with Gasteiger partial charge in [-0.1, -0.05) is 27.5 Å². The molecule has 2 saturated heterocycles. The average Bonchev–Trinajstić information content (AvgIpc) is 3.01. The lowest BCUT2D eigenvalue weighted by Crippen LogP contribution is -2.50. The highest BCUT2D eigenvalue weighted by atomic mass is 79.9. The second-order valence-electron chi connectivity index (χ2n) is 10.1. The van der Waals surface area contributed by atoms with E-state index in [1.54, 1.807) is 6.92 Å². The molecule has 0 spiro atoms. The standard InChI is InChI=1S/C27H31Br2ClN4O2/c1-17(35)32-6-4-18(5-7-32)12-24(36)33-8-10-34(11-9-33)27-25-19(14-22(30)15-23(25)29)2-3-20-13-21(28)16-31-26(20)27/h13-16,18,27H,2-12H2,1H3/t27-/m1/s1. The number of fused-ring (bicyclic) bond motifs is 2. The van der Waals surface area contributed by atoms with Crippen LogP contribution in [0.5, 0.6) is 0 Å². The normalized spacial score (nSPS) is 21.1. The molecule has 0 N–H and O–H groups in total. The van der Waals surface area contributed by atoms with E-state index in [0.717, 1.165) is 71.5 Å². The summed E-state index contributed by atoms with van der Waals surface area (Å²) in [6.45, 7) is 6.18. The van der Waals surface area contributed by atoms with Gasteiger partial charge in [-0.05, 0) is 82.4 Å².